The molecular formula is C10H11N5. The van der Waals surface area contributed by atoms with Crippen LogP contribution in [0, 0.1) is 12.3 Å². The van der Waals surface area contributed by atoms with E-state index in [1.165, 1.54) is 0 Å². The number of nitrogens with one attached hydrogen (secondary N) is 1. The number of pyridine rings is 1. The van der Waals surface area contributed by atoms with Gasteiger partial charge in [-0.05, 0) is 25.1 Å². The fourth-order valence-corrected chi connectivity index (χ4v) is 1.34. The van der Waals surface area contributed by atoms with Gasteiger partial charge in [-0.1, -0.05) is 0 Å². The van der Waals surface area contributed by atoms with Gasteiger partial charge in [-0.15, -0.1) is 0 Å². The number of nitrogens with zero attached hydrogens (tertiary/aromatic N) is 3. The quantitative estimate of drug-likeness (QED) is 0.558. The molecular weight excluding hydrogens is 190 g/mol. The Kier molecular flexibility index (Phi) is 2.21. The molecule has 2 rings (SSSR count). The average molecular weight is 201 g/mol. The van der Waals surface area contributed by atoms with E-state index in [0.29, 0.717) is 5.69 Å². The van der Waals surface area contributed by atoms with Gasteiger partial charge in [-0.2, -0.15) is 5.10 Å². The largest absolute Gasteiger partial charge is 0.382 e. The molecule has 0 aromatic carbocycles. The predicted octanol–water partition coefficient (Wildman–Crippen LogP) is 0.860. The highest BCUT2D eigenvalue weighted by Gasteiger charge is 2.08. The van der Waals surface area contributed by atoms with Crippen molar-refractivity contribution >= 4 is 5.84 Å². The van der Waals surface area contributed by atoms with Crippen LogP contribution >= 0.6 is 0 Å². The lowest BCUT2D eigenvalue weighted by molar-refractivity contribution is 0.853. The van der Waals surface area contributed by atoms with E-state index in [4.69, 9.17) is 11.1 Å². The van der Waals surface area contributed by atoms with Crippen molar-refractivity contribution in [3.05, 3.63) is 42.0 Å². The molecule has 0 atom stereocenters. The van der Waals surface area contributed by atoms with Crippen LogP contribution in [0.1, 0.15) is 11.4 Å². The normalized spacial score (nSPS) is 10.2. The first kappa shape index (κ1) is 9.39. The molecule has 3 N–H and O–H groups in total. The summed E-state index contributed by atoms with van der Waals surface area (Å²) in [4.78, 5) is 4.05. The van der Waals surface area contributed by atoms with Crippen LogP contribution < -0.4 is 5.73 Å². The van der Waals surface area contributed by atoms with Gasteiger partial charge in [0.25, 0.3) is 0 Å². The van der Waals surface area contributed by atoms with Crippen LogP contribution in [0.25, 0.3) is 5.69 Å². The molecule has 0 unspecified atom stereocenters. The van der Waals surface area contributed by atoms with Crippen LogP contribution in [-0.4, -0.2) is 20.6 Å². The molecule has 0 saturated heterocycles. The van der Waals surface area contributed by atoms with E-state index in [1.807, 2.05) is 25.3 Å². The lowest BCUT2D eigenvalue weighted by Crippen LogP contribution is -2.16. The third kappa shape index (κ3) is 1.71. The molecule has 2 aromatic heterocycles. The van der Waals surface area contributed by atoms with Crippen molar-refractivity contribution in [3.8, 4) is 5.69 Å². The molecule has 0 bridgehead atoms. The second-order valence-electron chi connectivity index (χ2n) is 3.19. The molecule has 2 aromatic rings. The summed E-state index contributed by atoms with van der Waals surface area (Å²) in [6.07, 6.45) is 3.43. The molecule has 0 aliphatic rings. The third-order valence-electron chi connectivity index (χ3n) is 2.01. The standard InChI is InChI=1S/C10H11N5/c1-7-4-6-15(14-7)8-3-2-5-13-9(8)10(11)12/h2-6H,1H3,(H3,11,12). The molecule has 0 spiro atoms. The van der Waals surface area contributed by atoms with Gasteiger partial charge in [0.05, 0.1) is 11.4 Å². The van der Waals surface area contributed by atoms with Crippen molar-refractivity contribution in [2.24, 2.45) is 5.73 Å². The van der Waals surface area contributed by atoms with Crippen LogP contribution in [-0.2, 0) is 0 Å². The molecule has 76 valence electrons. The fraction of sp³-hybridized carbons (Fsp3) is 0.100. The van der Waals surface area contributed by atoms with Gasteiger partial charge in [-0.3, -0.25) is 10.4 Å². The van der Waals surface area contributed by atoms with Gasteiger partial charge in [0, 0.05) is 12.4 Å². The Morgan fingerprint density at radius 2 is 2.27 bits per heavy atom. The smallest absolute Gasteiger partial charge is 0.144 e. The van der Waals surface area contributed by atoms with Crippen LogP contribution in [0.15, 0.2) is 30.6 Å². The van der Waals surface area contributed by atoms with E-state index in [2.05, 4.69) is 10.1 Å². The first-order valence-corrected chi connectivity index (χ1v) is 4.50. The van der Waals surface area contributed by atoms with Gasteiger partial charge in [0.15, 0.2) is 0 Å². The highest BCUT2D eigenvalue weighted by Crippen LogP contribution is 2.10. The van der Waals surface area contributed by atoms with Crippen LogP contribution in [0.5, 0.6) is 0 Å². The topological polar surface area (TPSA) is 80.6 Å². The first-order valence-electron chi connectivity index (χ1n) is 4.50. The SMILES string of the molecule is Cc1ccn(-c2cccnc2C(=N)N)n1. The van der Waals surface area contributed by atoms with Crippen molar-refractivity contribution < 1.29 is 0 Å². The van der Waals surface area contributed by atoms with E-state index >= 15 is 0 Å². The molecule has 0 radical (unpaired) electrons. The zero-order chi connectivity index (χ0) is 10.8. The lowest BCUT2D eigenvalue weighted by atomic mass is 10.3. The highest BCUT2D eigenvalue weighted by molar-refractivity contribution is 5.96. The summed E-state index contributed by atoms with van der Waals surface area (Å²) in [6.45, 7) is 1.90. The van der Waals surface area contributed by atoms with Gasteiger partial charge in [-0.25, -0.2) is 4.68 Å². The Balaban J connectivity index is 2.57. The minimum Gasteiger partial charge on any atom is -0.382 e. The third-order valence-corrected chi connectivity index (χ3v) is 2.01. The van der Waals surface area contributed by atoms with Crippen molar-refractivity contribution in [2.75, 3.05) is 0 Å². The minimum absolute atomic E-state index is 0.0567. The van der Waals surface area contributed by atoms with E-state index in [-0.39, 0.29) is 5.84 Å². The summed E-state index contributed by atoms with van der Waals surface area (Å²) < 4.78 is 1.67. The summed E-state index contributed by atoms with van der Waals surface area (Å²) in [5.74, 6) is -0.0567. The molecule has 5 heteroatoms. The summed E-state index contributed by atoms with van der Waals surface area (Å²) in [5, 5.41) is 11.7. The molecule has 0 fully saturated rings. The van der Waals surface area contributed by atoms with Crippen molar-refractivity contribution in [3.63, 3.8) is 0 Å². The number of nitrogen functional groups attached to an aromatic ring is 1. The Morgan fingerprint density at radius 1 is 1.47 bits per heavy atom. The number of rotatable bonds is 2. The van der Waals surface area contributed by atoms with Crippen LogP contribution in [0.3, 0.4) is 0 Å². The molecule has 0 saturated carbocycles. The second-order valence-corrected chi connectivity index (χ2v) is 3.19. The Morgan fingerprint density at radius 3 is 2.87 bits per heavy atom. The number of hydrogen-bond donors (Lipinski definition) is 2. The molecule has 2 heterocycles. The molecule has 0 aliphatic carbocycles. The zero-order valence-corrected chi connectivity index (χ0v) is 8.31. The summed E-state index contributed by atoms with van der Waals surface area (Å²) >= 11 is 0. The van der Waals surface area contributed by atoms with Crippen molar-refractivity contribution in [1.29, 1.82) is 5.41 Å². The number of aryl methyl sites for hydroxylation is 1. The maximum Gasteiger partial charge on any atom is 0.144 e. The van der Waals surface area contributed by atoms with Crippen LogP contribution in [0.4, 0.5) is 0 Å². The number of nitrogens with two attached hydrogens (primary N) is 1. The number of aromatic nitrogens is 3. The summed E-state index contributed by atoms with van der Waals surface area (Å²) in [6, 6.07) is 5.51. The zero-order valence-electron chi connectivity index (χ0n) is 8.31. The van der Waals surface area contributed by atoms with Crippen molar-refractivity contribution in [1.82, 2.24) is 14.8 Å². The van der Waals surface area contributed by atoms with Gasteiger partial charge in [0.1, 0.15) is 11.5 Å². The molecule has 5 nitrogen and oxygen atoms in total. The van der Waals surface area contributed by atoms with Crippen molar-refractivity contribution in [2.45, 2.75) is 6.92 Å². The average Bonchev–Trinajstić information content (AvgIpc) is 2.65. The molecule has 0 aliphatic heterocycles. The lowest BCUT2D eigenvalue weighted by Gasteiger charge is -2.06. The maximum absolute atomic E-state index is 7.41. The minimum atomic E-state index is -0.0567. The highest BCUT2D eigenvalue weighted by atomic mass is 15.3. The van der Waals surface area contributed by atoms with Gasteiger partial charge < -0.3 is 5.73 Å². The molecule has 15 heavy (non-hydrogen) atoms. The summed E-state index contributed by atoms with van der Waals surface area (Å²) in [5.41, 5.74) is 7.51. The van der Waals surface area contributed by atoms with E-state index in [9.17, 15) is 0 Å². The predicted molar refractivity (Wildman–Crippen MR) is 57.1 cm³/mol. The molecule has 0 amide bonds. The van der Waals surface area contributed by atoms with E-state index < -0.39 is 0 Å². The Bertz CT molecular complexity index is 500. The van der Waals surface area contributed by atoms with Crippen LogP contribution in [0.2, 0.25) is 0 Å². The first-order chi connectivity index (χ1) is 7.18. The second kappa shape index (κ2) is 3.53. The Hall–Kier alpha value is -2.17. The monoisotopic (exact) mass is 201 g/mol. The van der Waals surface area contributed by atoms with Gasteiger partial charge in [0.2, 0.25) is 0 Å². The number of amidine groups is 1. The fourth-order valence-electron chi connectivity index (χ4n) is 1.34. The maximum atomic E-state index is 7.41. The van der Waals surface area contributed by atoms with Gasteiger partial charge >= 0.3 is 0 Å². The Labute approximate surface area is 87.1 Å². The van der Waals surface area contributed by atoms with E-state index in [1.54, 1.807) is 16.9 Å². The summed E-state index contributed by atoms with van der Waals surface area (Å²) in [7, 11) is 0. The number of hydrogen-bond acceptors (Lipinski definition) is 3. The van der Waals surface area contributed by atoms with E-state index in [0.717, 1.165) is 11.4 Å².